The van der Waals surface area contributed by atoms with E-state index >= 15 is 0 Å². The number of nitrogens with zero attached hydrogens (tertiary/aromatic N) is 1. The topological polar surface area (TPSA) is 67.9 Å². The van der Waals surface area contributed by atoms with Gasteiger partial charge in [0.05, 0.1) is 13.5 Å². The van der Waals surface area contributed by atoms with Gasteiger partial charge in [-0.25, -0.2) is 0 Å². The quantitative estimate of drug-likeness (QED) is 0.781. The van der Waals surface area contributed by atoms with Crippen LogP contribution >= 0.6 is 0 Å². The predicted molar refractivity (Wildman–Crippen MR) is 111 cm³/mol. The Morgan fingerprint density at radius 1 is 1.00 bits per heavy atom. The Kier molecular flexibility index (Phi) is 7.11. The van der Waals surface area contributed by atoms with Gasteiger partial charge < -0.3 is 19.7 Å². The van der Waals surface area contributed by atoms with Gasteiger partial charge in [0, 0.05) is 19.1 Å². The van der Waals surface area contributed by atoms with Crippen molar-refractivity contribution in [2.24, 2.45) is 0 Å². The summed E-state index contributed by atoms with van der Waals surface area (Å²) in [6.45, 7) is 3.31. The Hall–Kier alpha value is -3.02. The summed E-state index contributed by atoms with van der Waals surface area (Å²) in [5, 5.41) is 3.01. The van der Waals surface area contributed by atoms with Crippen molar-refractivity contribution in [3.05, 3.63) is 59.7 Å². The van der Waals surface area contributed by atoms with Crippen LogP contribution in [0.4, 0.5) is 0 Å². The summed E-state index contributed by atoms with van der Waals surface area (Å²) < 4.78 is 10.7. The molecule has 154 valence electrons. The van der Waals surface area contributed by atoms with Crippen LogP contribution in [0.15, 0.2) is 48.5 Å². The van der Waals surface area contributed by atoms with Crippen molar-refractivity contribution in [3.63, 3.8) is 0 Å². The van der Waals surface area contributed by atoms with Crippen LogP contribution in [0.1, 0.15) is 24.0 Å². The van der Waals surface area contributed by atoms with E-state index in [-0.39, 0.29) is 24.5 Å². The molecule has 3 rings (SSSR count). The van der Waals surface area contributed by atoms with Crippen LogP contribution in [0.5, 0.6) is 11.5 Å². The molecule has 0 aliphatic carbocycles. The van der Waals surface area contributed by atoms with Gasteiger partial charge in [-0.15, -0.1) is 0 Å². The van der Waals surface area contributed by atoms with Crippen molar-refractivity contribution in [3.8, 4) is 11.5 Å². The first-order valence-corrected chi connectivity index (χ1v) is 9.93. The first kappa shape index (κ1) is 20.7. The number of likely N-dealkylation sites (tertiary alicyclic amines) is 1. The summed E-state index contributed by atoms with van der Waals surface area (Å²) in [4.78, 5) is 26.5. The number of aryl methyl sites for hydroxylation is 1. The van der Waals surface area contributed by atoms with Gasteiger partial charge in [-0.2, -0.15) is 0 Å². The molecule has 1 fully saturated rings. The van der Waals surface area contributed by atoms with E-state index in [1.54, 1.807) is 7.11 Å². The normalized spacial score (nSPS) is 14.3. The van der Waals surface area contributed by atoms with E-state index in [0.29, 0.717) is 25.3 Å². The van der Waals surface area contributed by atoms with Crippen molar-refractivity contribution in [1.29, 1.82) is 0 Å². The van der Waals surface area contributed by atoms with Gasteiger partial charge in [-0.3, -0.25) is 9.59 Å². The first-order chi connectivity index (χ1) is 14.0. The van der Waals surface area contributed by atoms with E-state index in [0.717, 1.165) is 29.7 Å². The molecule has 0 atom stereocenters. The van der Waals surface area contributed by atoms with Crippen LogP contribution in [0, 0.1) is 6.92 Å². The van der Waals surface area contributed by atoms with Crippen molar-refractivity contribution < 1.29 is 19.1 Å². The Bertz CT molecular complexity index is 810. The molecule has 0 bridgehead atoms. The summed E-state index contributed by atoms with van der Waals surface area (Å²) in [5.41, 5.74) is 2.12. The Balaban J connectivity index is 1.38. The largest absolute Gasteiger partial charge is 0.497 e. The highest BCUT2D eigenvalue weighted by atomic mass is 16.5. The SMILES string of the molecule is COc1ccc(CC(=O)N2CCC(NC(=O)COc3ccc(C)cc3)CC2)cc1. The van der Waals surface area contributed by atoms with Crippen LogP contribution in [0.3, 0.4) is 0 Å². The number of rotatable bonds is 7. The van der Waals surface area contributed by atoms with E-state index in [1.807, 2.05) is 60.4 Å². The average Bonchev–Trinajstić information content (AvgIpc) is 2.74. The second-order valence-electron chi connectivity index (χ2n) is 7.35. The minimum absolute atomic E-state index is 0.000322. The van der Waals surface area contributed by atoms with E-state index in [4.69, 9.17) is 9.47 Å². The van der Waals surface area contributed by atoms with Gasteiger partial charge in [0.1, 0.15) is 11.5 Å². The first-order valence-electron chi connectivity index (χ1n) is 9.93. The van der Waals surface area contributed by atoms with Gasteiger partial charge >= 0.3 is 0 Å². The number of carbonyl (C=O) groups is 2. The third-order valence-electron chi connectivity index (χ3n) is 5.12. The van der Waals surface area contributed by atoms with Crippen molar-refractivity contribution >= 4 is 11.8 Å². The number of hydrogen-bond acceptors (Lipinski definition) is 4. The summed E-state index contributed by atoms with van der Waals surface area (Å²) in [6, 6.07) is 15.2. The fourth-order valence-electron chi connectivity index (χ4n) is 3.36. The van der Waals surface area contributed by atoms with E-state index < -0.39 is 0 Å². The zero-order valence-electron chi connectivity index (χ0n) is 17.0. The van der Waals surface area contributed by atoms with Gasteiger partial charge in [-0.1, -0.05) is 29.8 Å². The fraction of sp³-hybridized carbons (Fsp3) is 0.391. The predicted octanol–water partition coefficient (Wildman–Crippen LogP) is 2.73. The maximum atomic E-state index is 12.5. The second-order valence-corrected chi connectivity index (χ2v) is 7.35. The molecule has 1 aliphatic heterocycles. The number of benzene rings is 2. The summed E-state index contributed by atoms with van der Waals surface area (Å²) in [7, 11) is 1.62. The summed E-state index contributed by atoms with van der Waals surface area (Å²) in [6.07, 6.45) is 1.89. The number of piperidine rings is 1. The number of carbonyl (C=O) groups excluding carboxylic acids is 2. The molecule has 0 spiro atoms. The smallest absolute Gasteiger partial charge is 0.258 e. The van der Waals surface area contributed by atoms with Gasteiger partial charge in [0.25, 0.3) is 5.91 Å². The molecule has 1 heterocycles. The van der Waals surface area contributed by atoms with Crippen molar-refractivity contribution in [2.45, 2.75) is 32.2 Å². The lowest BCUT2D eigenvalue weighted by atomic mass is 10.0. The monoisotopic (exact) mass is 396 g/mol. The zero-order valence-corrected chi connectivity index (χ0v) is 17.0. The molecule has 2 aromatic carbocycles. The van der Waals surface area contributed by atoms with Crippen LogP contribution in [-0.2, 0) is 16.0 Å². The number of methoxy groups -OCH3 is 1. The molecular formula is C23H28N2O4. The molecule has 0 unspecified atom stereocenters. The van der Waals surface area contributed by atoms with E-state index in [9.17, 15) is 9.59 Å². The lowest BCUT2D eigenvalue weighted by molar-refractivity contribution is -0.131. The lowest BCUT2D eigenvalue weighted by Crippen LogP contribution is -2.47. The Morgan fingerprint density at radius 3 is 2.24 bits per heavy atom. The third kappa shape index (κ3) is 6.24. The molecule has 29 heavy (non-hydrogen) atoms. The van der Waals surface area contributed by atoms with Crippen molar-refractivity contribution in [1.82, 2.24) is 10.2 Å². The Morgan fingerprint density at radius 2 is 1.62 bits per heavy atom. The van der Waals surface area contributed by atoms with Crippen LogP contribution in [0.2, 0.25) is 0 Å². The summed E-state index contributed by atoms with van der Waals surface area (Å²) >= 11 is 0. The van der Waals surface area contributed by atoms with E-state index in [2.05, 4.69) is 5.32 Å². The van der Waals surface area contributed by atoms with Crippen LogP contribution in [0.25, 0.3) is 0 Å². The fourth-order valence-corrected chi connectivity index (χ4v) is 3.36. The standard InChI is InChI=1S/C23H28N2O4/c1-17-3-7-21(8-4-17)29-16-22(26)24-19-11-13-25(14-12-19)23(27)15-18-5-9-20(28-2)10-6-18/h3-10,19H,11-16H2,1-2H3,(H,24,26). The van der Waals surface area contributed by atoms with Crippen LogP contribution < -0.4 is 14.8 Å². The highest BCUT2D eigenvalue weighted by molar-refractivity contribution is 5.79. The number of amides is 2. The molecule has 2 amide bonds. The van der Waals surface area contributed by atoms with E-state index in [1.165, 1.54) is 0 Å². The van der Waals surface area contributed by atoms with Gasteiger partial charge in [0.15, 0.2) is 6.61 Å². The summed E-state index contributed by atoms with van der Waals surface area (Å²) in [5.74, 6) is 1.45. The molecule has 1 saturated heterocycles. The lowest BCUT2D eigenvalue weighted by Gasteiger charge is -2.32. The molecule has 0 aromatic heterocycles. The zero-order chi connectivity index (χ0) is 20.6. The molecule has 1 N–H and O–H groups in total. The molecule has 6 heteroatoms. The second kappa shape index (κ2) is 9.96. The molecule has 1 aliphatic rings. The van der Waals surface area contributed by atoms with Crippen molar-refractivity contribution in [2.75, 3.05) is 26.8 Å². The molecule has 0 radical (unpaired) electrons. The number of hydrogen-bond donors (Lipinski definition) is 1. The average molecular weight is 396 g/mol. The highest BCUT2D eigenvalue weighted by Crippen LogP contribution is 2.16. The third-order valence-corrected chi connectivity index (χ3v) is 5.12. The Labute approximate surface area is 171 Å². The highest BCUT2D eigenvalue weighted by Gasteiger charge is 2.24. The minimum atomic E-state index is -0.131. The number of nitrogens with one attached hydrogen (secondary N) is 1. The van der Waals surface area contributed by atoms with Crippen LogP contribution in [-0.4, -0.2) is 49.6 Å². The molecule has 6 nitrogen and oxygen atoms in total. The molecule has 2 aromatic rings. The maximum absolute atomic E-state index is 12.5. The molecule has 0 saturated carbocycles. The maximum Gasteiger partial charge on any atom is 0.258 e. The molecular weight excluding hydrogens is 368 g/mol. The van der Waals surface area contributed by atoms with Gasteiger partial charge in [0.2, 0.25) is 5.91 Å². The number of ether oxygens (including phenoxy) is 2. The minimum Gasteiger partial charge on any atom is -0.497 e. The van der Waals surface area contributed by atoms with Gasteiger partial charge in [-0.05, 0) is 49.6 Å².